The minimum absolute atomic E-state index is 0.0621. The molecule has 1 aromatic rings. The van der Waals surface area contributed by atoms with Crippen molar-refractivity contribution in [3.05, 3.63) is 22.4 Å². The van der Waals surface area contributed by atoms with Crippen molar-refractivity contribution in [1.29, 1.82) is 0 Å². The van der Waals surface area contributed by atoms with Gasteiger partial charge in [-0.1, -0.05) is 25.3 Å². The molecule has 2 amide bonds. The lowest BCUT2D eigenvalue weighted by Crippen LogP contribution is -2.50. The molecule has 29 heavy (non-hydrogen) atoms. The van der Waals surface area contributed by atoms with Gasteiger partial charge in [0.15, 0.2) is 0 Å². The maximum Gasteiger partial charge on any atom is 0.263 e. The molecular weight excluding hydrogens is 382 g/mol. The zero-order valence-electron chi connectivity index (χ0n) is 17.5. The van der Waals surface area contributed by atoms with Gasteiger partial charge in [0, 0.05) is 38.8 Å². The summed E-state index contributed by atoms with van der Waals surface area (Å²) in [6.07, 6.45) is 11.0. The molecule has 6 heteroatoms. The second-order valence-electron chi connectivity index (χ2n) is 9.16. The first-order chi connectivity index (χ1) is 14.2. The molecule has 3 heterocycles. The van der Waals surface area contributed by atoms with Crippen LogP contribution < -0.4 is 5.32 Å². The van der Waals surface area contributed by atoms with E-state index in [2.05, 4.69) is 10.2 Å². The average Bonchev–Trinajstić information content (AvgIpc) is 3.30. The summed E-state index contributed by atoms with van der Waals surface area (Å²) in [4.78, 5) is 30.7. The fourth-order valence-electron chi connectivity index (χ4n) is 5.25. The summed E-state index contributed by atoms with van der Waals surface area (Å²) in [5.74, 6) is 1.06. The summed E-state index contributed by atoms with van der Waals surface area (Å²) in [5.41, 5.74) is 0. The van der Waals surface area contributed by atoms with E-state index < -0.39 is 0 Å². The number of hydrogen-bond acceptors (Lipinski definition) is 4. The highest BCUT2D eigenvalue weighted by Gasteiger charge is 2.31. The van der Waals surface area contributed by atoms with E-state index >= 15 is 0 Å². The van der Waals surface area contributed by atoms with E-state index in [4.69, 9.17) is 0 Å². The summed E-state index contributed by atoms with van der Waals surface area (Å²) in [5, 5.41) is 5.24. The molecule has 160 valence electrons. The number of rotatable bonds is 5. The predicted octanol–water partition coefficient (Wildman–Crippen LogP) is 3.76. The van der Waals surface area contributed by atoms with Crippen LogP contribution in [0.25, 0.3) is 0 Å². The van der Waals surface area contributed by atoms with Crippen LogP contribution in [0.5, 0.6) is 0 Å². The first kappa shape index (κ1) is 20.9. The number of amides is 2. The van der Waals surface area contributed by atoms with E-state index in [-0.39, 0.29) is 17.7 Å². The van der Waals surface area contributed by atoms with Crippen molar-refractivity contribution >= 4 is 23.2 Å². The Hall–Kier alpha value is -1.40. The number of carbonyl (C=O) groups is 2. The van der Waals surface area contributed by atoms with E-state index in [0.717, 1.165) is 56.1 Å². The maximum absolute atomic E-state index is 12.9. The lowest BCUT2D eigenvalue weighted by atomic mass is 9.88. The van der Waals surface area contributed by atoms with Crippen molar-refractivity contribution in [2.75, 3.05) is 32.7 Å². The molecule has 1 atom stereocenters. The van der Waals surface area contributed by atoms with Crippen LogP contribution in [0.1, 0.15) is 67.5 Å². The lowest BCUT2D eigenvalue weighted by molar-refractivity contribution is -0.127. The van der Waals surface area contributed by atoms with Crippen LogP contribution in [0.2, 0.25) is 0 Å². The van der Waals surface area contributed by atoms with Crippen molar-refractivity contribution in [3.63, 3.8) is 0 Å². The van der Waals surface area contributed by atoms with Crippen molar-refractivity contribution in [2.45, 2.75) is 63.8 Å². The Bertz CT molecular complexity index is 664. The van der Waals surface area contributed by atoms with Crippen LogP contribution in [0, 0.1) is 11.8 Å². The number of nitrogens with one attached hydrogen (secondary N) is 1. The molecule has 1 unspecified atom stereocenters. The zero-order chi connectivity index (χ0) is 20.1. The summed E-state index contributed by atoms with van der Waals surface area (Å²) in [6, 6.07) is 4.08. The molecule has 1 aliphatic carbocycles. The molecule has 2 aliphatic heterocycles. The van der Waals surface area contributed by atoms with E-state index in [1.165, 1.54) is 50.0 Å². The first-order valence-electron chi connectivity index (χ1n) is 11.5. The van der Waals surface area contributed by atoms with Crippen LogP contribution >= 0.6 is 11.3 Å². The minimum atomic E-state index is -0.0621. The summed E-state index contributed by atoms with van der Waals surface area (Å²) in [7, 11) is 0. The van der Waals surface area contributed by atoms with Crippen molar-refractivity contribution in [2.24, 2.45) is 11.8 Å². The van der Waals surface area contributed by atoms with E-state index in [9.17, 15) is 9.59 Å². The molecule has 0 radical (unpaired) electrons. The molecule has 4 rings (SSSR count). The second-order valence-corrected chi connectivity index (χ2v) is 10.1. The highest BCUT2D eigenvalue weighted by atomic mass is 32.1. The maximum atomic E-state index is 12.9. The number of hydrogen-bond donors (Lipinski definition) is 1. The Morgan fingerprint density at radius 1 is 1.00 bits per heavy atom. The van der Waals surface area contributed by atoms with Gasteiger partial charge in [-0.05, 0) is 55.9 Å². The third-order valence-electron chi connectivity index (χ3n) is 6.99. The standard InChI is InChI=1S/C23H35N3O2S/c27-22(19-8-4-12-26(17-19)23(28)21-9-5-15-29-21)24-20-10-13-25(14-11-20)16-18-6-2-1-3-7-18/h5,9,15,18-20H,1-4,6-8,10-14,16-17H2,(H,24,27). The SMILES string of the molecule is O=C(NC1CCN(CC2CCCCC2)CC1)C1CCCN(C(=O)c2cccs2)C1. The summed E-state index contributed by atoms with van der Waals surface area (Å²) in [6.45, 7) is 4.79. The van der Waals surface area contributed by atoms with Crippen molar-refractivity contribution in [1.82, 2.24) is 15.1 Å². The molecule has 1 N–H and O–H groups in total. The van der Waals surface area contributed by atoms with Gasteiger partial charge in [0.1, 0.15) is 0 Å². The van der Waals surface area contributed by atoms with Gasteiger partial charge in [0.25, 0.3) is 5.91 Å². The fraction of sp³-hybridized carbons (Fsp3) is 0.739. The van der Waals surface area contributed by atoms with Gasteiger partial charge in [0.2, 0.25) is 5.91 Å². The van der Waals surface area contributed by atoms with Gasteiger partial charge in [-0.2, -0.15) is 0 Å². The number of thiophene rings is 1. The van der Waals surface area contributed by atoms with Crippen LogP contribution in [0.3, 0.4) is 0 Å². The molecule has 3 fully saturated rings. The molecular formula is C23H35N3O2S. The molecule has 1 aromatic heterocycles. The normalized spacial score (nSPS) is 25.1. The molecule has 2 saturated heterocycles. The second kappa shape index (κ2) is 10.1. The van der Waals surface area contributed by atoms with E-state index in [1.807, 2.05) is 22.4 Å². The topological polar surface area (TPSA) is 52.7 Å². The average molecular weight is 418 g/mol. The van der Waals surface area contributed by atoms with E-state index in [0.29, 0.717) is 12.6 Å². The minimum Gasteiger partial charge on any atom is -0.353 e. The lowest BCUT2D eigenvalue weighted by Gasteiger charge is -2.37. The Kier molecular flexibility index (Phi) is 7.24. The van der Waals surface area contributed by atoms with Gasteiger partial charge in [-0.15, -0.1) is 11.3 Å². The Morgan fingerprint density at radius 3 is 2.52 bits per heavy atom. The number of piperidine rings is 2. The Balaban J connectivity index is 1.21. The number of nitrogens with zero attached hydrogens (tertiary/aromatic N) is 2. The van der Waals surface area contributed by atoms with Gasteiger partial charge >= 0.3 is 0 Å². The zero-order valence-corrected chi connectivity index (χ0v) is 18.3. The number of carbonyl (C=O) groups excluding carboxylic acids is 2. The van der Waals surface area contributed by atoms with Crippen molar-refractivity contribution in [3.8, 4) is 0 Å². The number of likely N-dealkylation sites (tertiary alicyclic amines) is 2. The van der Waals surface area contributed by atoms with E-state index in [1.54, 1.807) is 0 Å². The fourth-order valence-corrected chi connectivity index (χ4v) is 5.94. The van der Waals surface area contributed by atoms with Crippen LogP contribution in [0.15, 0.2) is 17.5 Å². The van der Waals surface area contributed by atoms with Gasteiger partial charge in [-0.25, -0.2) is 0 Å². The largest absolute Gasteiger partial charge is 0.353 e. The van der Waals surface area contributed by atoms with Gasteiger partial charge in [-0.3, -0.25) is 9.59 Å². The molecule has 0 bridgehead atoms. The van der Waals surface area contributed by atoms with Crippen LogP contribution in [-0.2, 0) is 4.79 Å². The Morgan fingerprint density at radius 2 is 1.79 bits per heavy atom. The van der Waals surface area contributed by atoms with Crippen LogP contribution in [0.4, 0.5) is 0 Å². The third kappa shape index (κ3) is 5.60. The molecule has 0 aromatic carbocycles. The summed E-state index contributed by atoms with van der Waals surface area (Å²) < 4.78 is 0. The molecule has 5 nitrogen and oxygen atoms in total. The third-order valence-corrected chi connectivity index (χ3v) is 7.84. The van der Waals surface area contributed by atoms with Gasteiger partial charge in [0.05, 0.1) is 10.8 Å². The first-order valence-corrected chi connectivity index (χ1v) is 12.4. The predicted molar refractivity (Wildman–Crippen MR) is 117 cm³/mol. The highest BCUT2D eigenvalue weighted by molar-refractivity contribution is 7.12. The van der Waals surface area contributed by atoms with Crippen LogP contribution in [-0.4, -0.2) is 60.4 Å². The quantitative estimate of drug-likeness (QED) is 0.794. The molecule has 1 saturated carbocycles. The highest BCUT2D eigenvalue weighted by Crippen LogP contribution is 2.26. The monoisotopic (exact) mass is 417 g/mol. The summed E-state index contributed by atoms with van der Waals surface area (Å²) >= 11 is 1.48. The molecule has 3 aliphatic rings. The smallest absolute Gasteiger partial charge is 0.263 e. The van der Waals surface area contributed by atoms with Gasteiger partial charge < -0.3 is 15.1 Å². The molecule has 0 spiro atoms. The Labute approximate surface area is 178 Å². The van der Waals surface area contributed by atoms with Crippen molar-refractivity contribution < 1.29 is 9.59 Å².